The average Bonchev–Trinajstić information content (AvgIpc) is 2.07. The molecule has 68 valence electrons. The van der Waals surface area contributed by atoms with Crippen LogP contribution in [-0.4, -0.2) is 16.1 Å². The second-order valence-corrected chi connectivity index (χ2v) is 2.60. The van der Waals surface area contributed by atoms with Gasteiger partial charge in [0, 0.05) is 12.3 Å². The Balaban J connectivity index is 3.02. The van der Waals surface area contributed by atoms with Crippen molar-refractivity contribution in [3.63, 3.8) is 0 Å². The molecule has 0 saturated carbocycles. The molecule has 0 radical (unpaired) electrons. The van der Waals surface area contributed by atoms with E-state index < -0.39 is 5.97 Å². The summed E-state index contributed by atoms with van der Waals surface area (Å²) in [4.78, 5) is 14.1. The summed E-state index contributed by atoms with van der Waals surface area (Å²) in [5.41, 5.74) is 7.55. The van der Waals surface area contributed by atoms with Crippen LogP contribution in [0, 0.1) is 6.92 Å². The molecular weight excluding hydrogens is 168 g/mol. The predicted molar refractivity (Wildman–Crippen MR) is 50.1 cm³/mol. The number of pyridine rings is 1. The summed E-state index contributed by atoms with van der Waals surface area (Å²) in [5.74, 6) is -1.01. The number of nitrogens with two attached hydrogens (primary N) is 1. The molecule has 0 aliphatic carbocycles. The Hall–Kier alpha value is -1.84. The Kier molecular flexibility index (Phi) is 2.64. The van der Waals surface area contributed by atoms with E-state index in [0.717, 1.165) is 11.6 Å². The van der Waals surface area contributed by atoms with Crippen molar-refractivity contribution >= 4 is 17.7 Å². The van der Waals surface area contributed by atoms with Crippen molar-refractivity contribution in [2.45, 2.75) is 6.92 Å². The Morgan fingerprint density at radius 3 is 3.00 bits per heavy atom. The number of carboxylic acids is 1. The molecule has 1 rings (SSSR count). The fourth-order valence-corrected chi connectivity index (χ4v) is 0.874. The minimum atomic E-state index is -1.01. The molecular formula is C9H10N2O2. The highest BCUT2D eigenvalue weighted by atomic mass is 16.4. The molecule has 4 nitrogen and oxygen atoms in total. The maximum absolute atomic E-state index is 10.2. The maximum atomic E-state index is 10.2. The Morgan fingerprint density at radius 2 is 2.38 bits per heavy atom. The van der Waals surface area contributed by atoms with Crippen molar-refractivity contribution in [3.05, 3.63) is 29.6 Å². The van der Waals surface area contributed by atoms with Crippen molar-refractivity contribution in [1.82, 2.24) is 4.98 Å². The standard InChI is InChI=1S/C9H10N2O2/c1-6-4-5-11-7(9(6)10)2-3-8(12)13/h2-5H,10H2,1H3,(H,12,13). The summed E-state index contributed by atoms with van der Waals surface area (Å²) < 4.78 is 0. The van der Waals surface area contributed by atoms with Crippen LogP contribution in [0.15, 0.2) is 18.3 Å². The quantitative estimate of drug-likeness (QED) is 0.664. The third-order valence-electron chi connectivity index (χ3n) is 1.62. The molecule has 1 heterocycles. The van der Waals surface area contributed by atoms with Gasteiger partial charge in [-0.15, -0.1) is 0 Å². The first-order valence-electron chi connectivity index (χ1n) is 3.73. The lowest BCUT2D eigenvalue weighted by atomic mass is 10.2. The molecule has 0 fully saturated rings. The van der Waals surface area contributed by atoms with E-state index in [9.17, 15) is 4.79 Å². The molecule has 0 aliphatic rings. The number of hydrogen-bond donors (Lipinski definition) is 2. The van der Waals surface area contributed by atoms with Crippen LogP contribution >= 0.6 is 0 Å². The van der Waals surface area contributed by atoms with Crippen LogP contribution in [0.25, 0.3) is 6.08 Å². The van der Waals surface area contributed by atoms with Gasteiger partial charge >= 0.3 is 5.97 Å². The lowest BCUT2D eigenvalue weighted by molar-refractivity contribution is -0.131. The fraction of sp³-hybridized carbons (Fsp3) is 0.111. The third kappa shape index (κ3) is 2.30. The summed E-state index contributed by atoms with van der Waals surface area (Å²) >= 11 is 0. The van der Waals surface area contributed by atoms with Crippen LogP contribution in [0.1, 0.15) is 11.3 Å². The smallest absolute Gasteiger partial charge is 0.328 e. The molecule has 3 N–H and O–H groups in total. The molecule has 0 unspecified atom stereocenters. The number of nitrogen functional groups attached to an aromatic ring is 1. The van der Waals surface area contributed by atoms with Gasteiger partial charge in [-0.05, 0) is 24.6 Å². The number of aromatic nitrogens is 1. The molecule has 0 atom stereocenters. The SMILES string of the molecule is Cc1ccnc(C=CC(=O)O)c1N. The van der Waals surface area contributed by atoms with E-state index in [1.54, 1.807) is 12.3 Å². The average molecular weight is 178 g/mol. The summed E-state index contributed by atoms with van der Waals surface area (Å²) in [7, 11) is 0. The van der Waals surface area contributed by atoms with Gasteiger partial charge in [-0.3, -0.25) is 4.98 Å². The topological polar surface area (TPSA) is 76.2 Å². The number of rotatable bonds is 2. The van der Waals surface area contributed by atoms with E-state index >= 15 is 0 Å². The second-order valence-electron chi connectivity index (χ2n) is 2.60. The third-order valence-corrected chi connectivity index (χ3v) is 1.62. The lowest BCUT2D eigenvalue weighted by Crippen LogP contribution is -1.96. The molecule has 0 amide bonds. The van der Waals surface area contributed by atoms with Crippen molar-refractivity contribution in [3.8, 4) is 0 Å². The summed E-state index contributed by atoms with van der Waals surface area (Å²) in [6.07, 6.45) is 3.98. The number of nitrogens with zero attached hydrogens (tertiary/aromatic N) is 1. The fourth-order valence-electron chi connectivity index (χ4n) is 0.874. The zero-order valence-electron chi connectivity index (χ0n) is 7.19. The predicted octanol–water partition coefficient (Wildman–Crippen LogP) is 1.07. The van der Waals surface area contributed by atoms with Crippen LogP contribution in [0.5, 0.6) is 0 Å². The van der Waals surface area contributed by atoms with Gasteiger partial charge in [0.05, 0.1) is 11.4 Å². The number of anilines is 1. The summed E-state index contributed by atoms with van der Waals surface area (Å²) in [6, 6.07) is 1.77. The second kappa shape index (κ2) is 3.71. The van der Waals surface area contributed by atoms with Crippen LogP contribution in [0.3, 0.4) is 0 Å². The molecule has 0 aromatic carbocycles. The molecule has 13 heavy (non-hydrogen) atoms. The van der Waals surface area contributed by atoms with Crippen LogP contribution in [0.2, 0.25) is 0 Å². The first-order valence-corrected chi connectivity index (χ1v) is 3.73. The monoisotopic (exact) mass is 178 g/mol. The zero-order valence-corrected chi connectivity index (χ0v) is 7.19. The van der Waals surface area contributed by atoms with Gasteiger partial charge in [0.2, 0.25) is 0 Å². The molecule has 4 heteroatoms. The maximum Gasteiger partial charge on any atom is 0.328 e. The van der Waals surface area contributed by atoms with Crippen LogP contribution in [-0.2, 0) is 4.79 Å². The molecule has 0 spiro atoms. The number of hydrogen-bond acceptors (Lipinski definition) is 3. The van der Waals surface area contributed by atoms with Gasteiger partial charge in [-0.2, -0.15) is 0 Å². The Bertz CT molecular complexity index is 359. The summed E-state index contributed by atoms with van der Waals surface area (Å²) in [6.45, 7) is 1.84. The van der Waals surface area contributed by atoms with Crippen LogP contribution < -0.4 is 5.73 Å². The van der Waals surface area contributed by atoms with Gasteiger partial charge in [-0.1, -0.05) is 0 Å². The van der Waals surface area contributed by atoms with Gasteiger partial charge in [0.15, 0.2) is 0 Å². The zero-order chi connectivity index (χ0) is 9.84. The Morgan fingerprint density at radius 1 is 1.69 bits per heavy atom. The van der Waals surface area contributed by atoms with E-state index in [2.05, 4.69) is 4.98 Å². The van der Waals surface area contributed by atoms with Crippen LogP contribution in [0.4, 0.5) is 5.69 Å². The van der Waals surface area contributed by atoms with Crippen molar-refractivity contribution in [1.29, 1.82) is 0 Å². The van der Waals surface area contributed by atoms with E-state index in [1.165, 1.54) is 6.08 Å². The molecule has 0 aliphatic heterocycles. The highest BCUT2D eigenvalue weighted by molar-refractivity contribution is 5.86. The van der Waals surface area contributed by atoms with Crippen molar-refractivity contribution < 1.29 is 9.90 Å². The Labute approximate surface area is 75.7 Å². The van der Waals surface area contributed by atoms with E-state index in [1.807, 2.05) is 6.92 Å². The molecule has 1 aromatic rings. The van der Waals surface area contributed by atoms with Gasteiger partial charge in [-0.25, -0.2) is 4.79 Å². The van der Waals surface area contributed by atoms with Gasteiger partial charge in [0.1, 0.15) is 0 Å². The van der Waals surface area contributed by atoms with Crippen molar-refractivity contribution in [2.24, 2.45) is 0 Å². The van der Waals surface area contributed by atoms with Gasteiger partial charge < -0.3 is 10.8 Å². The number of aliphatic carboxylic acids is 1. The lowest BCUT2D eigenvalue weighted by Gasteiger charge is -2.01. The largest absolute Gasteiger partial charge is 0.478 e. The van der Waals surface area contributed by atoms with E-state index in [4.69, 9.17) is 10.8 Å². The normalized spacial score (nSPS) is 10.5. The number of carbonyl (C=O) groups is 1. The first kappa shape index (κ1) is 9.25. The molecule has 1 aromatic heterocycles. The minimum Gasteiger partial charge on any atom is -0.478 e. The molecule has 0 saturated heterocycles. The van der Waals surface area contributed by atoms with Gasteiger partial charge in [0.25, 0.3) is 0 Å². The number of aryl methyl sites for hydroxylation is 1. The molecule has 0 bridgehead atoms. The van der Waals surface area contributed by atoms with E-state index in [-0.39, 0.29) is 0 Å². The first-order chi connectivity index (χ1) is 6.11. The van der Waals surface area contributed by atoms with E-state index in [0.29, 0.717) is 11.4 Å². The highest BCUT2D eigenvalue weighted by Gasteiger charge is 1.99. The summed E-state index contributed by atoms with van der Waals surface area (Å²) in [5, 5.41) is 8.38. The number of carboxylic acid groups (broad SMARTS) is 1. The highest BCUT2D eigenvalue weighted by Crippen LogP contribution is 2.14. The van der Waals surface area contributed by atoms with Crippen molar-refractivity contribution in [2.75, 3.05) is 5.73 Å². The minimum absolute atomic E-state index is 0.488.